The molecule has 2 aliphatic heterocycles. The molecule has 1 aromatic carbocycles. The van der Waals surface area contributed by atoms with Crippen molar-refractivity contribution in [3.05, 3.63) is 35.9 Å². The number of hydrogen-bond acceptors (Lipinski definition) is 3. The molecule has 2 saturated heterocycles. The minimum absolute atomic E-state index is 0.0775. The highest BCUT2D eigenvalue weighted by molar-refractivity contribution is 5.79. The predicted molar refractivity (Wildman–Crippen MR) is 91.1 cm³/mol. The lowest BCUT2D eigenvalue weighted by molar-refractivity contribution is -0.135. The smallest absolute Gasteiger partial charge is 0.226 e. The monoisotopic (exact) mass is 316 g/mol. The van der Waals surface area contributed by atoms with Gasteiger partial charge in [0.1, 0.15) is 0 Å². The van der Waals surface area contributed by atoms with Gasteiger partial charge in [-0.05, 0) is 43.2 Å². The van der Waals surface area contributed by atoms with E-state index in [0.29, 0.717) is 0 Å². The zero-order valence-corrected chi connectivity index (χ0v) is 14.0. The van der Waals surface area contributed by atoms with Gasteiger partial charge in [0.15, 0.2) is 0 Å². The Morgan fingerprint density at radius 3 is 2.91 bits per heavy atom. The molecule has 3 unspecified atom stereocenters. The number of hydrogen-bond donors (Lipinski definition) is 2. The largest absolute Gasteiger partial charge is 0.373 e. The first kappa shape index (κ1) is 16.5. The van der Waals surface area contributed by atoms with Crippen molar-refractivity contribution < 1.29 is 9.53 Å². The van der Waals surface area contributed by atoms with Crippen LogP contribution in [0.4, 0.5) is 0 Å². The third-order valence-corrected chi connectivity index (χ3v) is 5.16. The molecule has 4 nitrogen and oxygen atoms in total. The first-order chi connectivity index (χ1) is 11.2. The van der Waals surface area contributed by atoms with Gasteiger partial charge in [0, 0.05) is 19.7 Å². The molecular formula is C19H28N2O2. The number of carbonyl (C=O) groups is 1. The molecule has 0 saturated carbocycles. The van der Waals surface area contributed by atoms with E-state index in [1.807, 2.05) is 18.2 Å². The van der Waals surface area contributed by atoms with Crippen molar-refractivity contribution in [1.82, 2.24) is 10.6 Å². The molecule has 0 spiro atoms. The number of piperidine rings is 1. The minimum Gasteiger partial charge on any atom is -0.373 e. The fraction of sp³-hybridized carbons (Fsp3) is 0.632. The van der Waals surface area contributed by atoms with E-state index < -0.39 is 0 Å². The molecule has 23 heavy (non-hydrogen) atoms. The Hall–Kier alpha value is -1.39. The Morgan fingerprint density at radius 2 is 2.17 bits per heavy atom. The van der Waals surface area contributed by atoms with Crippen LogP contribution in [0.25, 0.3) is 0 Å². The van der Waals surface area contributed by atoms with Gasteiger partial charge in [-0.15, -0.1) is 0 Å². The summed E-state index contributed by atoms with van der Waals surface area (Å²) in [4.78, 5) is 12.8. The van der Waals surface area contributed by atoms with Crippen LogP contribution in [0, 0.1) is 11.3 Å². The molecule has 3 atom stereocenters. The lowest BCUT2D eigenvalue weighted by Gasteiger charge is -2.36. The second kappa shape index (κ2) is 7.45. The highest BCUT2D eigenvalue weighted by Crippen LogP contribution is 2.34. The maximum absolute atomic E-state index is 12.8. The van der Waals surface area contributed by atoms with Crippen molar-refractivity contribution >= 4 is 5.91 Å². The molecule has 126 valence electrons. The van der Waals surface area contributed by atoms with Gasteiger partial charge in [-0.2, -0.15) is 0 Å². The van der Waals surface area contributed by atoms with Crippen LogP contribution in [-0.4, -0.2) is 32.1 Å². The normalized spacial score (nSPS) is 31.5. The van der Waals surface area contributed by atoms with E-state index in [0.717, 1.165) is 44.6 Å². The zero-order chi connectivity index (χ0) is 16.1. The molecular weight excluding hydrogens is 288 g/mol. The highest BCUT2D eigenvalue weighted by atomic mass is 16.5. The topological polar surface area (TPSA) is 50.4 Å². The van der Waals surface area contributed by atoms with E-state index in [-0.39, 0.29) is 23.3 Å². The lowest BCUT2D eigenvalue weighted by atomic mass is 9.82. The molecule has 1 amide bonds. The zero-order valence-electron chi connectivity index (χ0n) is 14.0. The van der Waals surface area contributed by atoms with Crippen LogP contribution in [0.5, 0.6) is 0 Å². The Bertz CT molecular complexity index is 511. The first-order valence-electron chi connectivity index (χ1n) is 8.83. The number of amides is 1. The highest BCUT2D eigenvalue weighted by Gasteiger charge is 2.34. The summed E-state index contributed by atoms with van der Waals surface area (Å²) in [7, 11) is 0. The third kappa shape index (κ3) is 4.12. The Kier molecular flexibility index (Phi) is 5.34. The predicted octanol–water partition coefficient (Wildman–Crippen LogP) is 2.66. The van der Waals surface area contributed by atoms with Crippen LogP contribution in [0.1, 0.15) is 44.3 Å². The van der Waals surface area contributed by atoms with E-state index in [1.165, 1.54) is 12.8 Å². The van der Waals surface area contributed by atoms with Gasteiger partial charge < -0.3 is 15.4 Å². The Labute approximate surface area is 139 Å². The van der Waals surface area contributed by atoms with Gasteiger partial charge in [-0.1, -0.05) is 37.3 Å². The SMILES string of the molecule is CC1(CNC(=O)C2CCCOC2c2ccccc2)CCCNC1. The van der Waals surface area contributed by atoms with Gasteiger partial charge in [0.05, 0.1) is 12.0 Å². The van der Waals surface area contributed by atoms with Crippen LogP contribution < -0.4 is 10.6 Å². The van der Waals surface area contributed by atoms with Gasteiger partial charge in [0.2, 0.25) is 5.91 Å². The molecule has 3 rings (SSSR count). The number of nitrogens with one attached hydrogen (secondary N) is 2. The molecule has 2 N–H and O–H groups in total. The van der Waals surface area contributed by atoms with Crippen LogP contribution in [0.15, 0.2) is 30.3 Å². The van der Waals surface area contributed by atoms with Gasteiger partial charge in [-0.3, -0.25) is 4.79 Å². The second-order valence-electron chi connectivity index (χ2n) is 7.26. The minimum atomic E-state index is -0.109. The van der Waals surface area contributed by atoms with Gasteiger partial charge in [-0.25, -0.2) is 0 Å². The van der Waals surface area contributed by atoms with E-state index >= 15 is 0 Å². The summed E-state index contributed by atoms with van der Waals surface area (Å²) in [5.41, 5.74) is 1.28. The summed E-state index contributed by atoms with van der Waals surface area (Å²) < 4.78 is 5.94. The Morgan fingerprint density at radius 1 is 1.35 bits per heavy atom. The number of benzene rings is 1. The molecule has 4 heteroatoms. The molecule has 0 radical (unpaired) electrons. The van der Waals surface area contributed by atoms with E-state index in [1.54, 1.807) is 0 Å². The van der Waals surface area contributed by atoms with E-state index in [9.17, 15) is 4.79 Å². The van der Waals surface area contributed by atoms with Crippen molar-refractivity contribution in [3.63, 3.8) is 0 Å². The average molecular weight is 316 g/mol. The number of rotatable bonds is 4. The molecule has 0 bridgehead atoms. The molecule has 0 aromatic heterocycles. The van der Waals surface area contributed by atoms with Crippen molar-refractivity contribution in [2.45, 2.75) is 38.7 Å². The molecule has 0 aliphatic carbocycles. The summed E-state index contributed by atoms with van der Waals surface area (Å²) in [6.07, 6.45) is 4.11. The maximum Gasteiger partial charge on any atom is 0.226 e. The van der Waals surface area contributed by atoms with E-state index in [2.05, 4.69) is 29.7 Å². The molecule has 2 fully saturated rings. The third-order valence-electron chi connectivity index (χ3n) is 5.16. The Balaban J connectivity index is 1.62. The van der Waals surface area contributed by atoms with Crippen LogP contribution >= 0.6 is 0 Å². The summed E-state index contributed by atoms with van der Waals surface area (Å²) in [6, 6.07) is 10.1. The van der Waals surface area contributed by atoms with Crippen molar-refractivity contribution in [3.8, 4) is 0 Å². The molecule has 2 heterocycles. The van der Waals surface area contributed by atoms with Gasteiger partial charge >= 0.3 is 0 Å². The summed E-state index contributed by atoms with van der Waals surface area (Å²) >= 11 is 0. The lowest BCUT2D eigenvalue weighted by Crippen LogP contribution is -2.47. The first-order valence-corrected chi connectivity index (χ1v) is 8.83. The van der Waals surface area contributed by atoms with E-state index in [4.69, 9.17) is 4.74 Å². The molecule has 1 aromatic rings. The fourth-order valence-corrected chi connectivity index (χ4v) is 3.72. The number of ether oxygens (including phenoxy) is 1. The van der Waals surface area contributed by atoms with Crippen LogP contribution in [0.2, 0.25) is 0 Å². The maximum atomic E-state index is 12.8. The quantitative estimate of drug-likeness (QED) is 0.898. The van der Waals surface area contributed by atoms with Crippen molar-refractivity contribution in [1.29, 1.82) is 0 Å². The van der Waals surface area contributed by atoms with Crippen LogP contribution in [-0.2, 0) is 9.53 Å². The molecule has 2 aliphatic rings. The summed E-state index contributed by atoms with van der Waals surface area (Å²) in [5.74, 6) is 0.0663. The fourth-order valence-electron chi connectivity index (χ4n) is 3.72. The second-order valence-corrected chi connectivity index (χ2v) is 7.26. The number of carbonyl (C=O) groups excluding carboxylic acids is 1. The standard InChI is InChI=1S/C19H28N2O2/c1-19(10-6-11-20-13-19)14-21-18(22)16-9-5-12-23-17(16)15-7-3-2-4-8-15/h2-4,7-8,16-17,20H,5-6,9-14H2,1H3,(H,21,22). The summed E-state index contributed by atoms with van der Waals surface area (Å²) in [5, 5.41) is 6.64. The average Bonchev–Trinajstić information content (AvgIpc) is 2.61. The van der Waals surface area contributed by atoms with Crippen LogP contribution in [0.3, 0.4) is 0 Å². The van der Waals surface area contributed by atoms with Gasteiger partial charge in [0.25, 0.3) is 0 Å². The van der Waals surface area contributed by atoms with Crippen molar-refractivity contribution in [2.75, 3.05) is 26.2 Å². The summed E-state index contributed by atoms with van der Waals surface area (Å²) in [6.45, 7) is 5.82. The van der Waals surface area contributed by atoms with Crippen molar-refractivity contribution in [2.24, 2.45) is 11.3 Å².